The molecular formula is C19H25FN4O6S. The molecule has 12 heteroatoms. The Labute approximate surface area is 179 Å². The standard InChI is InChI=1S/C19H25FN4O6S/c1-30-12-17(25)23-9-10-24(31(28,29)14-6-4-13(20)5-7-14)16(11-23)19(27)22-15-3-2-8-21-18(15)26/h4-7,15-16H,2-3,8-12H2,1H3,(H,21,26)(H,22,27). The number of halogens is 1. The predicted molar refractivity (Wildman–Crippen MR) is 107 cm³/mol. The number of hydrogen-bond acceptors (Lipinski definition) is 6. The van der Waals surface area contributed by atoms with E-state index >= 15 is 0 Å². The summed E-state index contributed by atoms with van der Waals surface area (Å²) in [7, 11) is -2.79. The maximum atomic E-state index is 13.3. The van der Waals surface area contributed by atoms with Crippen LogP contribution in [0.3, 0.4) is 0 Å². The van der Waals surface area contributed by atoms with Crippen molar-refractivity contribution >= 4 is 27.7 Å². The smallest absolute Gasteiger partial charge is 0.248 e. The van der Waals surface area contributed by atoms with Gasteiger partial charge in [0.2, 0.25) is 27.7 Å². The first-order chi connectivity index (χ1) is 14.7. The van der Waals surface area contributed by atoms with E-state index < -0.39 is 33.8 Å². The highest BCUT2D eigenvalue weighted by atomic mass is 32.2. The number of ether oxygens (including phenoxy) is 1. The minimum atomic E-state index is -4.15. The van der Waals surface area contributed by atoms with Crippen LogP contribution in [0.15, 0.2) is 29.2 Å². The molecule has 31 heavy (non-hydrogen) atoms. The van der Waals surface area contributed by atoms with E-state index in [2.05, 4.69) is 10.6 Å². The van der Waals surface area contributed by atoms with Gasteiger partial charge in [-0.05, 0) is 37.1 Å². The van der Waals surface area contributed by atoms with Crippen LogP contribution in [0.2, 0.25) is 0 Å². The van der Waals surface area contributed by atoms with Crippen molar-refractivity contribution in [1.29, 1.82) is 0 Å². The highest BCUT2D eigenvalue weighted by molar-refractivity contribution is 7.89. The first-order valence-electron chi connectivity index (χ1n) is 9.86. The number of carbonyl (C=O) groups is 3. The average Bonchev–Trinajstić information content (AvgIpc) is 2.75. The number of carbonyl (C=O) groups excluding carboxylic acids is 3. The number of piperazine rings is 1. The molecule has 3 amide bonds. The first kappa shape index (κ1) is 23.1. The molecule has 0 aromatic heterocycles. The Morgan fingerprint density at radius 1 is 1.26 bits per heavy atom. The lowest BCUT2D eigenvalue weighted by atomic mass is 10.1. The molecule has 0 bridgehead atoms. The zero-order valence-electron chi connectivity index (χ0n) is 17.0. The number of hydrogen-bond donors (Lipinski definition) is 2. The molecule has 2 fully saturated rings. The molecular weight excluding hydrogens is 431 g/mol. The van der Waals surface area contributed by atoms with Crippen LogP contribution in [-0.2, 0) is 29.1 Å². The van der Waals surface area contributed by atoms with Crippen LogP contribution in [0.25, 0.3) is 0 Å². The van der Waals surface area contributed by atoms with Gasteiger partial charge in [-0.15, -0.1) is 0 Å². The molecule has 2 aliphatic rings. The molecule has 0 aliphatic carbocycles. The molecule has 1 aromatic carbocycles. The SMILES string of the molecule is COCC(=O)N1CCN(S(=O)(=O)c2ccc(F)cc2)C(C(=O)NC2CCCNC2=O)C1. The number of amides is 3. The highest BCUT2D eigenvalue weighted by Crippen LogP contribution is 2.23. The number of methoxy groups -OCH3 is 1. The van der Waals surface area contributed by atoms with Gasteiger partial charge in [0.25, 0.3) is 0 Å². The summed E-state index contributed by atoms with van der Waals surface area (Å²) >= 11 is 0. The quantitative estimate of drug-likeness (QED) is 0.570. The van der Waals surface area contributed by atoms with Gasteiger partial charge in [-0.3, -0.25) is 14.4 Å². The van der Waals surface area contributed by atoms with Crippen molar-refractivity contribution in [2.24, 2.45) is 0 Å². The number of nitrogens with one attached hydrogen (secondary N) is 2. The van der Waals surface area contributed by atoms with E-state index in [4.69, 9.17) is 4.74 Å². The van der Waals surface area contributed by atoms with Crippen LogP contribution in [0.5, 0.6) is 0 Å². The second kappa shape index (κ2) is 9.71. The molecule has 2 saturated heterocycles. The number of piperidine rings is 1. The number of nitrogens with zero attached hydrogens (tertiary/aromatic N) is 2. The predicted octanol–water partition coefficient (Wildman–Crippen LogP) is -0.932. The Balaban J connectivity index is 1.87. The van der Waals surface area contributed by atoms with Gasteiger partial charge in [-0.1, -0.05) is 0 Å². The summed E-state index contributed by atoms with van der Waals surface area (Å²) in [5, 5.41) is 5.26. The minimum absolute atomic E-state index is 0.0658. The van der Waals surface area contributed by atoms with Crippen LogP contribution in [0.1, 0.15) is 12.8 Å². The van der Waals surface area contributed by atoms with Crippen LogP contribution < -0.4 is 10.6 Å². The van der Waals surface area contributed by atoms with Gasteiger partial charge in [0.05, 0.1) is 4.90 Å². The summed E-state index contributed by atoms with van der Waals surface area (Å²) < 4.78 is 45.5. The molecule has 2 heterocycles. The fraction of sp³-hybridized carbons (Fsp3) is 0.526. The lowest BCUT2D eigenvalue weighted by molar-refractivity contribution is -0.140. The van der Waals surface area contributed by atoms with Gasteiger partial charge in [0.15, 0.2) is 0 Å². The Bertz CT molecular complexity index is 939. The van der Waals surface area contributed by atoms with Crippen molar-refractivity contribution in [2.45, 2.75) is 29.8 Å². The maximum Gasteiger partial charge on any atom is 0.248 e. The first-order valence-corrected chi connectivity index (χ1v) is 11.3. The largest absolute Gasteiger partial charge is 0.375 e. The fourth-order valence-electron chi connectivity index (χ4n) is 3.63. The van der Waals surface area contributed by atoms with Crippen LogP contribution in [-0.4, -0.2) is 87.3 Å². The highest BCUT2D eigenvalue weighted by Gasteiger charge is 2.42. The van der Waals surface area contributed by atoms with E-state index in [0.717, 1.165) is 28.6 Å². The van der Waals surface area contributed by atoms with Crippen molar-refractivity contribution in [3.05, 3.63) is 30.1 Å². The van der Waals surface area contributed by atoms with E-state index in [1.807, 2.05) is 0 Å². The van der Waals surface area contributed by atoms with Gasteiger partial charge in [-0.25, -0.2) is 12.8 Å². The molecule has 0 radical (unpaired) electrons. The third-order valence-corrected chi connectivity index (χ3v) is 7.20. The molecule has 2 atom stereocenters. The fourth-order valence-corrected chi connectivity index (χ4v) is 5.20. The van der Waals surface area contributed by atoms with Crippen LogP contribution in [0.4, 0.5) is 4.39 Å². The molecule has 170 valence electrons. The topological polar surface area (TPSA) is 125 Å². The lowest BCUT2D eigenvalue weighted by Crippen LogP contribution is -2.63. The molecule has 0 spiro atoms. The van der Waals surface area contributed by atoms with Crippen molar-refractivity contribution < 1.29 is 31.9 Å². The van der Waals surface area contributed by atoms with Crippen LogP contribution in [0, 0.1) is 5.82 Å². The van der Waals surface area contributed by atoms with Crippen molar-refractivity contribution in [3.8, 4) is 0 Å². The summed E-state index contributed by atoms with van der Waals surface area (Å²) in [5.74, 6) is -1.99. The Morgan fingerprint density at radius 3 is 2.61 bits per heavy atom. The third kappa shape index (κ3) is 5.20. The number of benzene rings is 1. The van der Waals surface area contributed by atoms with E-state index in [1.54, 1.807) is 0 Å². The molecule has 2 unspecified atom stereocenters. The van der Waals surface area contributed by atoms with E-state index in [-0.39, 0.29) is 43.0 Å². The normalized spacial score (nSPS) is 22.6. The van der Waals surface area contributed by atoms with Crippen molar-refractivity contribution in [2.75, 3.05) is 39.9 Å². The molecule has 10 nitrogen and oxygen atoms in total. The van der Waals surface area contributed by atoms with Gasteiger partial charge >= 0.3 is 0 Å². The minimum Gasteiger partial charge on any atom is -0.375 e. The second-order valence-electron chi connectivity index (χ2n) is 7.35. The van der Waals surface area contributed by atoms with Crippen molar-refractivity contribution in [3.63, 3.8) is 0 Å². The second-order valence-corrected chi connectivity index (χ2v) is 9.24. The molecule has 1 aromatic rings. The Morgan fingerprint density at radius 2 is 1.97 bits per heavy atom. The Kier molecular flexibility index (Phi) is 7.23. The van der Waals surface area contributed by atoms with Gasteiger partial charge < -0.3 is 20.3 Å². The van der Waals surface area contributed by atoms with Gasteiger partial charge in [-0.2, -0.15) is 4.31 Å². The zero-order valence-corrected chi connectivity index (χ0v) is 17.9. The summed E-state index contributed by atoms with van der Waals surface area (Å²) in [4.78, 5) is 38.5. The number of sulfonamides is 1. The number of rotatable bonds is 6. The third-order valence-electron chi connectivity index (χ3n) is 5.28. The summed E-state index contributed by atoms with van der Waals surface area (Å²) in [6.07, 6.45) is 1.11. The van der Waals surface area contributed by atoms with E-state index in [0.29, 0.717) is 19.4 Å². The van der Waals surface area contributed by atoms with E-state index in [9.17, 15) is 27.2 Å². The van der Waals surface area contributed by atoms with E-state index in [1.165, 1.54) is 12.0 Å². The average molecular weight is 456 g/mol. The molecule has 3 rings (SSSR count). The molecule has 2 aliphatic heterocycles. The summed E-state index contributed by atoms with van der Waals surface area (Å²) in [6, 6.07) is 2.26. The molecule has 0 saturated carbocycles. The monoisotopic (exact) mass is 456 g/mol. The van der Waals surface area contributed by atoms with Crippen LogP contribution >= 0.6 is 0 Å². The van der Waals surface area contributed by atoms with Crippen molar-refractivity contribution in [1.82, 2.24) is 19.8 Å². The lowest BCUT2D eigenvalue weighted by Gasteiger charge is -2.40. The summed E-state index contributed by atoms with van der Waals surface area (Å²) in [6.45, 7) is 0.0479. The zero-order chi connectivity index (χ0) is 22.6. The van der Waals surface area contributed by atoms with Gasteiger partial charge in [0, 0.05) is 33.3 Å². The van der Waals surface area contributed by atoms with Gasteiger partial charge in [0.1, 0.15) is 24.5 Å². The molecule has 2 N–H and O–H groups in total. The maximum absolute atomic E-state index is 13.3. The summed E-state index contributed by atoms with van der Waals surface area (Å²) in [5.41, 5.74) is 0. The Hall–Kier alpha value is -2.57.